The van der Waals surface area contributed by atoms with Gasteiger partial charge in [-0.25, -0.2) is 9.48 Å². The largest absolute Gasteiger partial charge is 0.464 e. The van der Waals surface area contributed by atoms with Gasteiger partial charge in [-0.1, -0.05) is 12.1 Å². The molecule has 0 unspecified atom stereocenters. The first-order valence-electron chi connectivity index (χ1n) is 6.50. The molecule has 0 saturated carbocycles. The number of esters is 1. The zero-order valence-corrected chi connectivity index (χ0v) is 12.2. The Hall–Kier alpha value is -2.63. The summed E-state index contributed by atoms with van der Waals surface area (Å²) in [4.78, 5) is 22.6. The first-order valence-corrected chi connectivity index (χ1v) is 6.50. The summed E-state index contributed by atoms with van der Waals surface area (Å²) >= 11 is 0. The van der Waals surface area contributed by atoms with Crippen LogP contribution in [0.4, 0.5) is 0 Å². The zero-order chi connectivity index (χ0) is 15.4. The molecule has 0 aliphatic carbocycles. The maximum absolute atomic E-state index is 11.7. The van der Waals surface area contributed by atoms with Crippen LogP contribution in [0.25, 0.3) is 5.69 Å². The highest BCUT2D eigenvalue weighted by Gasteiger charge is 2.15. The van der Waals surface area contributed by atoms with Crippen molar-refractivity contribution in [3.63, 3.8) is 0 Å². The predicted molar refractivity (Wildman–Crippen MR) is 77.2 cm³/mol. The van der Waals surface area contributed by atoms with E-state index in [0.29, 0.717) is 12.2 Å². The third-order valence-electron chi connectivity index (χ3n) is 2.95. The van der Waals surface area contributed by atoms with Gasteiger partial charge >= 0.3 is 5.97 Å². The minimum atomic E-state index is -0.432. The fourth-order valence-corrected chi connectivity index (χ4v) is 1.93. The van der Waals surface area contributed by atoms with E-state index in [1.807, 2.05) is 31.2 Å². The lowest BCUT2D eigenvalue weighted by Gasteiger charge is -2.07. The van der Waals surface area contributed by atoms with Crippen LogP contribution in [0, 0.1) is 6.92 Å². The number of hydrogen-bond acceptors (Lipinski definition) is 4. The molecule has 110 valence electrons. The molecule has 1 aromatic heterocycles. The van der Waals surface area contributed by atoms with Crippen LogP contribution in [0.5, 0.6) is 0 Å². The SMILES string of the molecule is COC(=O)c1cc(C)nn1-c1ccc(CNC(C)=O)cc1. The molecule has 0 spiro atoms. The number of benzene rings is 1. The Bertz CT molecular complexity index is 659. The van der Waals surface area contributed by atoms with Crippen LogP contribution < -0.4 is 5.32 Å². The van der Waals surface area contributed by atoms with E-state index in [4.69, 9.17) is 4.74 Å². The van der Waals surface area contributed by atoms with E-state index in [-0.39, 0.29) is 5.91 Å². The van der Waals surface area contributed by atoms with Crippen LogP contribution in [-0.2, 0) is 16.1 Å². The highest BCUT2D eigenvalue weighted by atomic mass is 16.5. The first kappa shape index (κ1) is 14.8. The molecule has 2 rings (SSSR count). The Kier molecular flexibility index (Phi) is 4.37. The molecule has 1 amide bonds. The molecule has 1 N–H and O–H groups in total. The Morgan fingerprint density at radius 1 is 1.29 bits per heavy atom. The average Bonchev–Trinajstić information content (AvgIpc) is 2.86. The number of methoxy groups -OCH3 is 1. The van der Waals surface area contributed by atoms with Crippen LogP contribution >= 0.6 is 0 Å². The number of nitrogens with one attached hydrogen (secondary N) is 1. The Balaban J connectivity index is 2.26. The van der Waals surface area contributed by atoms with E-state index in [9.17, 15) is 9.59 Å². The van der Waals surface area contributed by atoms with Gasteiger partial charge in [-0.2, -0.15) is 5.10 Å². The fourth-order valence-electron chi connectivity index (χ4n) is 1.93. The normalized spacial score (nSPS) is 10.2. The van der Waals surface area contributed by atoms with E-state index < -0.39 is 5.97 Å². The number of aryl methyl sites for hydroxylation is 1. The van der Waals surface area contributed by atoms with Crippen LogP contribution in [0.3, 0.4) is 0 Å². The van der Waals surface area contributed by atoms with Crippen molar-refractivity contribution < 1.29 is 14.3 Å². The summed E-state index contributed by atoms with van der Waals surface area (Å²) in [5.74, 6) is -0.507. The van der Waals surface area contributed by atoms with Crippen LogP contribution in [0.15, 0.2) is 30.3 Å². The second-order valence-electron chi connectivity index (χ2n) is 4.65. The lowest BCUT2D eigenvalue weighted by atomic mass is 10.2. The number of carbonyl (C=O) groups is 2. The summed E-state index contributed by atoms with van der Waals surface area (Å²) in [6.45, 7) is 3.76. The third kappa shape index (κ3) is 3.47. The number of nitrogens with zero attached hydrogens (tertiary/aromatic N) is 2. The van der Waals surface area contributed by atoms with Gasteiger partial charge in [0, 0.05) is 13.5 Å². The maximum atomic E-state index is 11.7. The van der Waals surface area contributed by atoms with Gasteiger partial charge in [0.15, 0.2) is 5.69 Å². The number of rotatable bonds is 4. The van der Waals surface area contributed by atoms with Gasteiger partial charge < -0.3 is 10.1 Å². The van der Waals surface area contributed by atoms with Crippen LogP contribution in [0.2, 0.25) is 0 Å². The van der Waals surface area contributed by atoms with E-state index >= 15 is 0 Å². The summed E-state index contributed by atoms with van der Waals surface area (Å²) in [6.07, 6.45) is 0. The Morgan fingerprint density at radius 3 is 2.52 bits per heavy atom. The molecule has 0 atom stereocenters. The van der Waals surface area contributed by atoms with Gasteiger partial charge in [0.25, 0.3) is 0 Å². The van der Waals surface area contributed by atoms with Gasteiger partial charge in [0.2, 0.25) is 5.91 Å². The van der Waals surface area contributed by atoms with Crippen molar-refractivity contribution in [3.8, 4) is 5.69 Å². The van der Waals surface area contributed by atoms with Crippen molar-refractivity contribution in [1.29, 1.82) is 0 Å². The van der Waals surface area contributed by atoms with E-state index in [0.717, 1.165) is 16.9 Å². The summed E-state index contributed by atoms with van der Waals surface area (Å²) in [5.41, 5.74) is 2.84. The van der Waals surface area contributed by atoms with Gasteiger partial charge in [0.1, 0.15) is 0 Å². The van der Waals surface area contributed by atoms with Crippen LogP contribution in [0.1, 0.15) is 28.7 Å². The zero-order valence-electron chi connectivity index (χ0n) is 12.2. The predicted octanol–water partition coefficient (Wildman–Crippen LogP) is 1.60. The molecular formula is C15H17N3O3. The quantitative estimate of drug-likeness (QED) is 0.867. The van der Waals surface area contributed by atoms with E-state index in [1.165, 1.54) is 14.0 Å². The molecule has 21 heavy (non-hydrogen) atoms. The fraction of sp³-hybridized carbons (Fsp3) is 0.267. The number of aromatic nitrogens is 2. The minimum absolute atomic E-state index is 0.0743. The average molecular weight is 287 g/mol. The molecule has 0 aliphatic rings. The summed E-state index contributed by atoms with van der Waals surface area (Å²) in [7, 11) is 1.34. The second kappa shape index (κ2) is 6.21. The van der Waals surface area contributed by atoms with Crippen molar-refractivity contribution in [2.75, 3.05) is 7.11 Å². The standard InChI is InChI=1S/C15H17N3O3/c1-10-8-14(15(20)21-3)18(17-10)13-6-4-12(5-7-13)9-16-11(2)19/h4-8H,9H2,1-3H3,(H,16,19). The molecule has 2 aromatic rings. The second-order valence-corrected chi connectivity index (χ2v) is 4.65. The molecule has 0 saturated heterocycles. The molecule has 0 fully saturated rings. The summed E-state index contributed by atoms with van der Waals surface area (Å²) in [6, 6.07) is 9.12. The molecule has 0 radical (unpaired) electrons. The minimum Gasteiger partial charge on any atom is -0.464 e. The molecule has 1 aromatic carbocycles. The lowest BCUT2D eigenvalue weighted by Crippen LogP contribution is -2.18. The number of carbonyl (C=O) groups excluding carboxylic acids is 2. The monoisotopic (exact) mass is 287 g/mol. The number of hydrogen-bond donors (Lipinski definition) is 1. The molecule has 6 heteroatoms. The van der Waals surface area contributed by atoms with Gasteiger partial charge in [-0.15, -0.1) is 0 Å². The van der Waals surface area contributed by atoms with Crippen molar-refractivity contribution in [2.45, 2.75) is 20.4 Å². The summed E-state index contributed by atoms with van der Waals surface area (Å²) in [5, 5.41) is 7.03. The van der Waals surface area contributed by atoms with Gasteiger partial charge in [0.05, 0.1) is 18.5 Å². The highest BCUT2D eigenvalue weighted by molar-refractivity contribution is 5.88. The Labute approximate surface area is 122 Å². The third-order valence-corrected chi connectivity index (χ3v) is 2.95. The van der Waals surface area contributed by atoms with Gasteiger partial charge in [-0.3, -0.25) is 4.79 Å². The smallest absolute Gasteiger partial charge is 0.356 e. The Morgan fingerprint density at radius 2 is 1.95 bits per heavy atom. The maximum Gasteiger partial charge on any atom is 0.356 e. The first-order chi connectivity index (χ1) is 10.0. The van der Waals surface area contributed by atoms with Crippen LogP contribution in [-0.4, -0.2) is 28.8 Å². The number of amides is 1. The molecular weight excluding hydrogens is 270 g/mol. The summed E-state index contributed by atoms with van der Waals surface area (Å²) < 4.78 is 6.30. The van der Waals surface area contributed by atoms with Crippen molar-refractivity contribution in [1.82, 2.24) is 15.1 Å². The molecule has 0 bridgehead atoms. The molecule has 1 heterocycles. The van der Waals surface area contributed by atoms with Crippen molar-refractivity contribution in [2.24, 2.45) is 0 Å². The topological polar surface area (TPSA) is 73.2 Å². The molecule has 6 nitrogen and oxygen atoms in total. The van der Waals surface area contributed by atoms with Crippen molar-refractivity contribution >= 4 is 11.9 Å². The van der Waals surface area contributed by atoms with Gasteiger partial charge in [-0.05, 0) is 30.7 Å². The van der Waals surface area contributed by atoms with E-state index in [2.05, 4.69) is 10.4 Å². The number of ether oxygens (including phenoxy) is 1. The molecule has 0 aliphatic heterocycles. The van der Waals surface area contributed by atoms with Crippen molar-refractivity contribution in [3.05, 3.63) is 47.3 Å². The van der Waals surface area contributed by atoms with E-state index in [1.54, 1.807) is 10.7 Å². The highest BCUT2D eigenvalue weighted by Crippen LogP contribution is 2.14. The lowest BCUT2D eigenvalue weighted by molar-refractivity contribution is -0.119.